The minimum atomic E-state index is 0.582. The molecular formula is C11H27N3. The summed E-state index contributed by atoms with van der Waals surface area (Å²) >= 11 is 0. The molecule has 86 valence electrons. The van der Waals surface area contributed by atoms with Crippen LogP contribution in [0.15, 0.2) is 0 Å². The molecule has 0 aromatic heterocycles. The summed E-state index contributed by atoms with van der Waals surface area (Å²) in [5, 5.41) is 0. The van der Waals surface area contributed by atoms with Crippen molar-refractivity contribution in [2.45, 2.75) is 33.1 Å². The summed E-state index contributed by atoms with van der Waals surface area (Å²) in [7, 11) is 0. The smallest absolute Gasteiger partial charge is 0.00486 e. The predicted octanol–water partition coefficient (Wildman–Crippen LogP) is 0.921. The standard InChI is InChI=1S/C11H27N3/c1-3-10(7-13)5-11(8-14)4-9(2)6-12/h9-11H,3-8,12-14H2,1-2H3. The van der Waals surface area contributed by atoms with E-state index in [9.17, 15) is 0 Å². The highest BCUT2D eigenvalue weighted by Crippen LogP contribution is 2.20. The van der Waals surface area contributed by atoms with Gasteiger partial charge in [0.25, 0.3) is 0 Å². The first kappa shape index (κ1) is 13.9. The molecule has 0 aliphatic rings. The quantitative estimate of drug-likeness (QED) is 0.546. The van der Waals surface area contributed by atoms with Crippen LogP contribution in [0.25, 0.3) is 0 Å². The summed E-state index contributed by atoms with van der Waals surface area (Å²) in [5.74, 6) is 1.81. The largest absolute Gasteiger partial charge is 0.330 e. The maximum atomic E-state index is 5.75. The van der Waals surface area contributed by atoms with Gasteiger partial charge in [0.05, 0.1) is 0 Å². The molecule has 0 saturated heterocycles. The zero-order chi connectivity index (χ0) is 11.0. The van der Waals surface area contributed by atoms with E-state index in [1.54, 1.807) is 0 Å². The van der Waals surface area contributed by atoms with Crippen LogP contribution in [-0.4, -0.2) is 19.6 Å². The monoisotopic (exact) mass is 201 g/mol. The summed E-state index contributed by atoms with van der Waals surface area (Å²) < 4.78 is 0. The molecule has 3 nitrogen and oxygen atoms in total. The first-order chi connectivity index (χ1) is 6.67. The van der Waals surface area contributed by atoms with Crippen LogP contribution in [0.3, 0.4) is 0 Å². The van der Waals surface area contributed by atoms with Crippen LogP contribution in [0.5, 0.6) is 0 Å². The third-order valence-corrected chi connectivity index (χ3v) is 3.05. The zero-order valence-corrected chi connectivity index (χ0v) is 9.71. The Balaban J connectivity index is 3.88. The number of hydrogen-bond acceptors (Lipinski definition) is 3. The van der Waals surface area contributed by atoms with Crippen LogP contribution in [0.2, 0.25) is 0 Å². The van der Waals surface area contributed by atoms with Gasteiger partial charge in [0.15, 0.2) is 0 Å². The van der Waals surface area contributed by atoms with Crippen molar-refractivity contribution in [2.75, 3.05) is 19.6 Å². The minimum Gasteiger partial charge on any atom is -0.330 e. The normalized spacial score (nSPS) is 17.8. The fraction of sp³-hybridized carbons (Fsp3) is 1.00. The van der Waals surface area contributed by atoms with Crippen molar-refractivity contribution in [1.82, 2.24) is 0 Å². The molecule has 0 aromatic rings. The lowest BCUT2D eigenvalue weighted by atomic mass is 9.86. The molecular weight excluding hydrogens is 174 g/mol. The van der Waals surface area contributed by atoms with Gasteiger partial charge < -0.3 is 17.2 Å². The summed E-state index contributed by atoms with van der Waals surface area (Å²) in [6.07, 6.45) is 3.46. The molecule has 0 heterocycles. The van der Waals surface area contributed by atoms with Gasteiger partial charge in [-0.1, -0.05) is 20.3 Å². The summed E-state index contributed by atoms with van der Waals surface area (Å²) in [5.41, 5.74) is 17.0. The van der Waals surface area contributed by atoms with Gasteiger partial charge in [-0.15, -0.1) is 0 Å². The van der Waals surface area contributed by atoms with Crippen LogP contribution in [0.1, 0.15) is 33.1 Å². The van der Waals surface area contributed by atoms with E-state index in [-0.39, 0.29) is 0 Å². The molecule has 0 amide bonds. The Morgan fingerprint density at radius 3 is 1.79 bits per heavy atom. The fourth-order valence-electron chi connectivity index (χ4n) is 1.85. The van der Waals surface area contributed by atoms with Crippen molar-refractivity contribution in [3.8, 4) is 0 Å². The summed E-state index contributed by atoms with van der Waals surface area (Å²) in [6.45, 7) is 6.68. The molecule has 0 aliphatic carbocycles. The van der Waals surface area contributed by atoms with Crippen molar-refractivity contribution >= 4 is 0 Å². The molecule has 3 unspecified atom stereocenters. The van der Waals surface area contributed by atoms with Gasteiger partial charge in [-0.3, -0.25) is 0 Å². The van der Waals surface area contributed by atoms with Gasteiger partial charge in [-0.25, -0.2) is 0 Å². The molecule has 0 radical (unpaired) electrons. The van der Waals surface area contributed by atoms with Crippen LogP contribution >= 0.6 is 0 Å². The third kappa shape index (κ3) is 5.58. The van der Waals surface area contributed by atoms with Crippen LogP contribution in [-0.2, 0) is 0 Å². The van der Waals surface area contributed by atoms with Gasteiger partial charge in [0, 0.05) is 0 Å². The van der Waals surface area contributed by atoms with Crippen LogP contribution < -0.4 is 17.2 Å². The maximum absolute atomic E-state index is 5.75. The van der Waals surface area contributed by atoms with Crippen molar-refractivity contribution in [2.24, 2.45) is 35.0 Å². The van der Waals surface area contributed by atoms with Gasteiger partial charge in [-0.05, 0) is 50.2 Å². The molecule has 3 atom stereocenters. The van der Waals surface area contributed by atoms with E-state index in [0.717, 1.165) is 38.9 Å². The molecule has 0 bridgehead atoms. The first-order valence-electron chi connectivity index (χ1n) is 5.78. The van der Waals surface area contributed by atoms with Crippen molar-refractivity contribution < 1.29 is 0 Å². The molecule has 0 aliphatic heterocycles. The Morgan fingerprint density at radius 1 is 0.857 bits per heavy atom. The molecule has 0 fully saturated rings. The van der Waals surface area contributed by atoms with E-state index in [0.29, 0.717) is 17.8 Å². The molecule has 14 heavy (non-hydrogen) atoms. The first-order valence-corrected chi connectivity index (χ1v) is 5.78. The lowest BCUT2D eigenvalue weighted by molar-refractivity contribution is 0.318. The van der Waals surface area contributed by atoms with E-state index >= 15 is 0 Å². The average molecular weight is 201 g/mol. The highest BCUT2D eigenvalue weighted by atomic mass is 14.6. The van der Waals surface area contributed by atoms with Gasteiger partial charge >= 0.3 is 0 Å². The Hall–Kier alpha value is -0.120. The van der Waals surface area contributed by atoms with E-state index in [2.05, 4.69) is 13.8 Å². The topological polar surface area (TPSA) is 78.1 Å². The number of nitrogens with two attached hydrogens (primary N) is 3. The van der Waals surface area contributed by atoms with Gasteiger partial charge in [-0.2, -0.15) is 0 Å². The van der Waals surface area contributed by atoms with E-state index in [1.165, 1.54) is 0 Å². The summed E-state index contributed by atoms with van der Waals surface area (Å²) in [6, 6.07) is 0. The molecule has 3 heteroatoms. The second-order valence-electron chi connectivity index (χ2n) is 4.42. The van der Waals surface area contributed by atoms with E-state index in [1.807, 2.05) is 0 Å². The molecule has 0 saturated carbocycles. The van der Waals surface area contributed by atoms with Crippen LogP contribution in [0, 0.1) is 17.8 Å². The molecule has 0 spiro atoms. The van der Waals surface area contributed by atoms with Crippen molar-refractivity contribution in [3.63, 3.8) is 0 Å². The SMILES string of the molecule is CCC(CN)CC(CN)CC(C)CN. The minimum absolute atomic E-state index is 0.582. The molecule has 0 rings (SSSR count). The Morgan fingerprint density at radius 2 is 1.43 bits per heavy atom. The lowest BCUT2D eigenvalue weighted by Gasteiger charge is -2.22. The Labute approximate surface area is 88.4 Å². The van der Waals surface area contributed by atoms with Crippen molar-refractivity contribution in [3.05, 3.63) is 0 Å². The lowest BCUT2D eigenvalue weighted by Crippen LogP contribution is -2.25. The van der Waals surface area contributed by atoms with Gasteiger partial charge in [0.1, 0.15) is 0 Å². The second kappa shape index (κ2) is 8.21. The second-order valence-corrected chi connectivity index (χ2v) is 4.42. The Kier molecular flexibility index (Phi) is 8.14. The summed E-state index contributed by atoms with van der Waals surface area (Å²) in [4.78, 5) is 0. The van der Waals surface area contributed by atoms with Crippen LogP contribution in [0.4, 0.5) is 0 Å². The highest BCUT2D eigenvalue weighted by molar-refractivity contribution is 4.70. The van der Waals surface area contributed by atoms with Crippen molar-refractivity contribution in [1.29, 1.82) is 0 Å². The fourth-order valence-corrected chi connectivity index (χ4v) is 1.85. The molecule has 0 aromatic carbocycles. The van der Waals surface area contributed by atoms with E-state index < -0.39 is 0 Å². The number of hydrogen-bond donors (Lipinski definition) is 3. The number of rotatable bonds is 8. The van der Waals surface area contributed by atoms with Gasteiger partial charge in [0.2, 0.25) is 0 Å². The van der Waals surface area contributed by atoms with E-state index in [4.69, 9.17) is 17.2 Å². The highest BCUT2D eigenvalue weighted by Gasteiger charge is 2.15. The average Bonchev–Trinajstić information content (AvgIpc) is 2.23. The molecule has 6 N–H and O–H groups in total. The third-order valence-electron chi connectivity index (χ3n) is 3.05. The zero-order valence-electron chi connectivity index (χ0n) is 9.71. The Bertz CT molecular complexity index is 124. The maximum Gasteiger partial charge on any atom is -0.00486 e. The predicted molar refractivity (Wildman–Crippen MR) is 62.8 cm³/mol.